The van der Waals surface area contributed by atoms with E-state index < -0.39 is 0 Å². The second kappa shape index (κ2) is 4.17. The predicted molar refractivity (Wildman–Crippen MR) is 69.6 cm³/mol. The molecule has 0 saturated heterocycles. The Bertz CT molecular complexity index is 415. The highest BCUT2D eigenvalue weighted by Crippen LogP contribution is 2.39. The van der Waals surface area contributed by atoms with E-state index in [1.165, 1.54) is 37.8 Å². The number of carbonyl (C=O) groups is 1. The van der Waals surface area contributed by atoms with Gasteiger partial charge in [-0.1, -0.05) is 0 Å². The molecule has 2 saturated carbocycles. The van der Waals surface area contributed by atoms with E-state index in [4.69, 9.17) is 0 Å². The monoisotopic (exact) mass is 229 g/mol. The average Bonchev–Trinajstić information content (AvgIpc) is 3.07. The van der Waals surface area contributed by atoms with Crippen LogP contribution in [0.2, 0.25) is 0 Å². The van der Waals surface area contributed by atoms with E-state index in [9.17, 15) is 4.79 Å². The number of anilines is 1. The molecule has 1 aromatic rings. The maximum absolute atomic E-state index is 11.3. The normalized spacial score (nSPS) is 19.8. The first-order chi connectivity index (χ1) is 8.25. The van der Waals surface area contributed by atoms with Crippen molar-refractivity contribution in [1.82, 2.24) is 0 Å². The molecule has 3 rings (SSSR count). The summed E-state index contributed by atoms with van der Waals surface area (Å²) >= 11 is 0. The van der Waals surface area contributed by atoms with Gasteiger partial charge in [-0.2, -0.15) is 0 Å². The molecule has 2 aliphatic rings. The first kappa shape index (κ1) is 10.8. The summed E-state index contributed by atoms with van der Waals surface area (Å²) in [6, 6.07) is 9.69. The summed E-state index contributed by atoms with van der Waals surface area (Å²) in [7, 11) is 0. The molecule has 0 aliphatic heterocycles. The number of nitrogens with zero attached hydrogens (tertiary/aromatic N) is 1. The van der Waals surface area contributed by atoms with Crippen LogP contribution in [0, 0.1) is 0 Å². The molecule has 0 radical (unpaired) electrons. The van der Waals surface area contributed by atoms with Crippen molar-refractivity contribution in [2.75, 3.05) is 4.90 Å². The molecule has 2 nitrogen and oxygen atoms in total. The minimum absolute atomic E-state index is 0.151. The molecular formula is C15H19NO. The van der Waals surface area contributed by atoms with Crippen LogP contribution in [0.5, 0.6) is 0 Å². The SMILES string of the molecule is CC(=O)c1ccc(N(C2CCC2)C2CC2)cc1. The van der Waals surface area contributed by atoms with Crippen molar-refractivity contribution in [3.8, 4) is 0 Å². The molecule has 0 heterocycles. The molecule has 0 unspecified atom stereocenters. The van der Waals surface area contributed by atoms with Crippen LogP contribution in [-0.2, 0) is 0 Å². The van der Waals surface area contributed by atoms with Crippen molar-refractivity contribution in [3.63, 3.8) is 0 Å². The Morgan fingerprint density at radius 1 is 1.06 bits per heavy atom. The summed E-state index contributed by atoms with van der Waals surface area (Å²) in [6.07, 6.45) is 6.73. The van der Waals surface area contributed by atoms with Crippen molar-refractivity contribution < 1.29 is 4.79 Å². The average molecular weight is 229 g/mol. The number of ketones is 1. The summed E-state index contributed by atoms with van der Waals surface area (Å²) in [6.45, 7) is 1.62. The van der Waals surface area contributed by atoms with Crippen molar-refractivity contribution in [3.05, 3.63) is 29.8 Å². The third-order valence-corrected chi connectivity index (χ3v) is 3.98. The molecule has 0 spiro atoms. The topological polar surface area (TPSA) is 20.3 Å². The lowest BCUT2D eigenvalue weighted by Gasteiger charge is -2.39. The first-order valence-corrected chi connectivity index (χ1v) is 6.65. The Balaban J connectivity index is 1.82. The second-order valence-electron chi connectivity index (χ2n) is 5.33. The molecule has 2 fully saturated rings. The molecular weight excluding hydrogens is 210 g/mol. The smallest absolute Gasteiger partial charge is 0.159 e. The summed E-state index contributed by atoms with van der Waals surface area (Å²) in [5, 5.41) is 0. The Kier molecular flexibility index (Phi) is 2.65. The molecule has 0 amide bonds. The standard InChI is InChI=1S/C15H19NO/c1-11(17)12-5-7-14(8-6-12)16(15-9-10-15)13-3-2-4-13/h5-8,13,15H,2-4,9-10H2,1H3. The second-order valence-corrected chi connectivity index (χ2v) is 5.33. The van der Waals surface area contributed by atoms with Gasteiger partial charge in [-0.05, 0) is 63.3 Å². The van der Waals surface area contributed by atoms with Crippen molar-refractivity contribution in [1.29, 1.82) is 0 Å². The number of hydrogen-bond donors (Lipinski definition) is 0. The van der Waals surface area contributed by atoms with Gasteiger partial charge in [-0.25, -0.2) is 0 Å². The first-order valence-electron chi connectivity index (χ1n) is 6.65. The van der Waals surface area contributed by atoms with Crippen LogP contribution < -0.4 is 4.90 Å². The van der Waals surface area contributed by atoms with Gasteiger partial charge in [0.15, 0.2) is 5.78 Å². The maximum atomic E-state index is 11.3. The van der Waals surface area contributed by atoms with Crippen molar-refractivity contribution >= 4 is 11.5 Å². The third-order valence-electron chi connectivity index (χ3n) is 3.98. The van der Waals surface area contributed by atoms with Crippen LogP contribution in [0.3, 0.4) is 0 Å². The number of carbonyl (C=O) groups excluding carboxylic acids is 1. The zero-order valence-electron chi connectivity index (χ0n) is 10.4. The Morgan fingerprint density at radius 2 is 1.65 bits per heavy atom. The molecule has 0 atom stereocenters. The zero-order valence-corrected chi connectivity index (χ0v) is 10.4. The van der Waals surface area contributed by atoms with Crippen LogP contribution in [0.4, 0.5) is 5.69 Å². The lowest BCUT2D eigenvalue weighted by Crippen LogP contribution is -2.41. The van der Waals surface area contributed by atoms with Gasteiger partial charge in [-0.15, -0.1) is 0 Å². The van der Waals surface area contributed by atoms with Crippen molar-refractivity contribution in [2.45, 2.75) is 51.1 Å². The lowest BCUT2D eigenvalue weighted by atomic mass is 9.90. The summed E-state index contributed by atoms with van der Waals surface area (Å²) < 4.78 is 0. The van der Waals surface area contributed by atoms with E-state index in [-0.39, 0.29) is 5.78 Å². The molecule has 0 bridgehead atoms. The number of hydrogen-bond acceptors (Lipinski definition) is 2. The summed E-state index contributed by atoms with van der Waals surface area (Å²) in [5.41, 5.74) is 2.13. The van der Waals surface area contributed by atoms with Gasteiger partial charge in [0.1, 0.15) is 0 Å². The van der Waals surface area contributed by atoms with Crippen LogP contribution in [0.25, 0.3) is 0 Å². The lowest BCUT2D eigenvalue weighted by molar-refractivity contribution is 0.101. The Morgan fingerprint density at radius 3 is 2.06 bits per heavy atom. The van der Waals surface area contributed by atoms with E-state index in [1.54, 1.807) is 6.92 Å². The van der Waals surface area contributed by atoms with E-state index in [1.807, 2.05) is 12.1 Å². The molecule has 2 aliphatic carbocycles. The van der Waals surface area contributed by atoms with Gasteiger partial charge in [0.05, 0.1) is 0 Å². The van der Waals surface area contributed by atoms with Gasteiger partial charge in [0.25, 0.3) is 0 Å². The van der Waals surface area contributed by atoms with Crippen LogP contribution in [-0.4, -0.2) is 17.9 Å². The van der Waals surface area contributed by atoms with E-state index >= 15 is 0 Å². The fraction of sp³-hybridized carbons (Fsp3) is 0.533. The molecule has 2 heteroatoms. The van der Waals surface area contributed by atoms with Gasteiger partial charge < -0.3 is 4.90 Å². The van der Waals surface area contributed by atoms with Crippen molar-refractivity contribution in [2.24, 2.45) is 0 Å². The van der Waals surface area contributed by atoms with E-state index in [2.05, 4.69) is 17.0 Å². The largest absolute Gasteiger partial charge is 0.366 e. The highest BCUT2D eigenvalue weighted by molar-refractivity contribution is 5.94. The van der Waals surface area contributed by atoms with Crippen LogP contribution in [0.15, 0.2) is 24.3 Å². The minimum atomic E-state index is 0.151. The molecule has 90 valence electrons. The third kappa shape index (κ3) is 2.08. The number of Topliss-reactive ketones (excluding diaryl/α,β-unsaturated/α-hetero) is 1. The van der Waals surface area contributed by atoms with Gasteiger partial charge in [-0.3, -0.25) is 4.79 Å². The summed E-state index contributed by atoms with van der Waals surface area (Å²) in [5.74, 6) is 0.151. The van der Waals surface area contributed by atoms with E-state index in [0.29, 0.717) is 0 Å². The minimum Gasteiger partial charge on any atom is -0.366 e. The molecule has 0 aromatic heterocycles. The fourth-order valence-electron chi connectivity index (χ4n) is 2.61. The number of benzene rings is 1. The van der Waals surface area contributed by atoms with Gasteiger partial charge >= 0.3 is 0 Å². The fourth-order valence-corrected chi connectivity index (χ4v) is 2.61. The Hall–Kier alpha value is -1.31. The molecule has 17 heavy (non-hydrogen) atoms. The highest BCUT2D eigenvalue weighted by atomic mass is 16.1. The van der Waals surface area contributed by atoms with E-state index in [0.717, 1.165) is 17.6 Å². The Labute approximate surface area is 103 Å². The predicted octanol–water partition coefficient (Wildman–Crippen LogP) is 3.41. The quantitative estimate of drug-likeness (QED) is 0.737. The zero-order chi connectivity index (χ0) is 11.8. The van der Waals surface area contributed by atoms with Gasteiger partial charge in [0, 0.05) is 23.3 Å². The number of rotatable bonds is 4. The van der Waals surface area contributed by atoms with Gasteiger partial charge in [0.2, 0.25) is 0 Å². The molecule has 0 N–H and O–H groups in total. The molecule has 1 aromatic carbocycles. The summed E-state index contributed by atoms with van der Waals surface area (Å²) in [4.78, 5) is 13.9. The highest BCUT2D eigenvalue weighted by Gasteiger charge is 2.36. The van der Waals surface area contributed by atoms with Crippen LogP contribution in [0.1, 0.15) is 49.4 Å². The van der Waals surface area contributed by atoms with Crippen LogP contribution >= 0.6 is 0 Å². The maximum Gasteiger partial charge on any atom is 0.159 e.